The molecule has 1 aliphatic rings. The maximum Gasteiger partial charge on any atom is 0.154 e. The number of carbonyl (C=O) groups excluding carboxylic acids is 1. The number of methoxy groups -OCH3 is 1. The van der Waals surface area contributed by atoms with Gasteiger partial charge in [0, 0.05) is 56.1 Å². The number of allylic oxidation sites excluding steroid dienone is 1. The zero-order valence-corrected chi connectivity index (χ0v) is 18.6. The van der Waals surface area contributed by atoms with Gasteiger partial charge in [-0.2, -0.15) is 0 Å². The molecule has 32 heavy (non-hydrogen) atoms. The first kappa shape index (κ1) is 22.0. The summed E-state index contributed by atoms with van der Waals surface area (Å²) in [6, 6.07) is 17.6. The number of aliphatic hydroxyl groups is 1. The third-order valence-corrected chi connectivity index (χ3v) is 5.90. The van der Waals surface area contributed by atoms with Gasteiger partial charge in [-0.1, -0.05) is 30.3 Å². The van der Waals surface area contributed by atoms with E-state index in [4.69, 9.17) is 4.74 Å². The van der Waals surface area contributed by atoms with Crippen LogP contribution < -0.4 is 4.74 Å². The van der Waals surface area contributed by atoms with Gasteiger partial charge in [-0.3, -0.25) is 14.7 Å². The number of fused-ring (bicyclic) bond motifs is 1. The SMILES string of the molecule is COc1ccc2nccc([C@H](O)CN3CCN(/C(=C\C(C)=O)c4ccccc4)CC3)c2c1. The molecule has 0 saturated carbocycles. The Morgan fingerprint density at radius 1 is 1.12 bits per heavy atom. The number of hydrogen-bond donors (Lipinski definition) is 1. The van der Waals surface area contributed by atoms with Crippen LogP contribution in [0.2, 0.25) is 0 Å². The van der Waals surface area contributed by atoms with Crippen LogP contribution in [0, 0.1) is 0 Å². The molecule has 1 aromatic heterocycles. The van der Waals surface area contributed by atoms with Gasteiger partial charge in [-0.25, -0.2) is 0 Å². The van der Waals surface area contributed by atoms with E-state index in [1.807, 2.05) is 54.6 Å². The highest BCUT2D eigenvalue weighted by molar-refractivity contribution is 5.94. The highest BCUT2D eigenvalue weighted by Crippen LogP contribution is 2.28. The Kier molecular flexibility index (Phi) is 6.83. The van der Waals surface area contributed by atoms with Crippen molar-refractivity contribution in [3.05, 3.63) is 78.0 Å². The second-order valence-electron chi connectivity index (χ2n) is 8.09. The molecule has 1 atom stereocenters. The number of aliphatic hydroxyl groups excluding tert-OH is 1. The Morgan fingerprint density at radius 2 is 1.88 bits per heavy atom. The third-order valence-electron chi connectivity index (χ3n) is 5.90. The van der Waals surface area contributed by atoms with Crippen molar-refractivity contribution in [2.75, 3.05) is 39.8 Å². The molecule has 1 aliphatic heterocycles. The number of β-amino-alcohol motifs (C(OH)–C–C–N with tert-alkyl or cyclic N) is 1. The predicted octanol–water partition coefficient (Wildman–Crippen LogP) is 3.52. The Balaban J connectivity index is 1.45. The Morgan fingerprint density at radius 3 is 2.56 bits per heavy atom. The summed E-state index contributed by atoms with van der Waals surface area (Å²) in [5, 5.41) is 11.9. The number of rotatable bonds is 7. The molecule has 0 spiro atoms. The standard InChI is InChI=1S/C26H29N3O3/c1-19(30)16-25(20-6-4-3-5-7-20)29-14-12-28(13-15-29)18-26(31)22-10-11-27-24-9-8-21(32-2)17-23(22)24/h3-11,16-17,26,31H,12-15,18H2,1-2H3/b25-16-/t26-/m1/s1. The van der Waals surface area contributed by atoms with Crippen LogP contribution in [0.3, 0.4) is 0 Å². The Bertz CT molecular complexity index is 1110. The summed E-state index contributed by atoms with van der Waals surface area (Å²) in [7, 11) is 1.64. The number of ether oxygens (including phenoxy) is 1. The van der Waals surface area contributed by atoms with E-state index in [-0.39, 0.29) is 5.78 Å². The minimum absolute atomic E-state index is 0.0432. The number of pyridine rings is 1. The molecule has 166 valence electrons. The van der Waals surface area contributed by atoms with Gasteiger partial charge in [-0.05, 0) is 42.3 Å². The van der Waals surface area contributed by atoms with Gasteiger partial charge in [0.2, 0.25) is 0 Å². The van der Waals surface area contributed by atoms with E-state index in [0.717, 1.165) is 59.7 Å². The average Bonchev–Trinajstić information content (AvgIpc) is 2.82. The van der Waals surface area contributed by atoms with Crippen LogP contribution in [0.4, 0.5) is 0 Å². The lowest BCUT2D eigenvalue weighted by molar-refractivity contribution is -0.112. The molecule has 0 radical (unpaired) electrons. The zero-order valence-electron chi connectivity index (χ0n) is 18.6. The monoisotopic (exact) mass is 431 g/mol. The molecule has 6 heteroatoms. The van der Waals surface area contributed by atoms with Crippen LogP contribution in [0.5, 0.6) is 5.75 Å². The van der Waals surface area contributed by atoms with E-state index in [0.29, 0.717) is 6.54 Å². The molecule has 2 heterocycles. The molecular formula is C26H29N3O3. The van der Waals surface area contributed by atoms with Crippen molar-refractivity contribution >= 4 is 22.4 Å². The molecule has 4 rings (SSSR count). The second kappa shape index (κ2) is 9.94. The number of piperazine rings is 1. The summed E-state index contributed by atoms with van der Waals surface area (Å²) < 4.78 is 5.35. The summed E-state index contributed by atoms with van der Waals surface area (Å²) in [4.78, 5) is 20.8. The van der Waals surface area contributed by atoms with Gasteiger partial charge in [0.25, 0.3) is 0 Å². The topological polar surface area (TPSA) is 65.9 Å². The summed E-state index contributed by atoms with van der Waals surface area (Å²) in [5.41, 5.74) is 3.71. The minimum Gasteiger partial charge on any atom is -0.497 e. The lowest BCUT2D eigenvalue weighted by Crippen LogP contribution is -2.46. The molecule has 0 unspecified atom stereocenters. The van der Waals surface area contributed by atoms with Gasteiger partial charge < -0.3 is 14.7 Å². The average molecular weight is 432 g/mol. The zero-order chi connectivity index (χ0) is 22.5. The normalized spacial score (nSPS) is 16.2. The fourth-order valence-electron chi connectivity index (χ4n) is 4.24. The first-order valence-electron chi connectivity index (χ1n) is 10.9. The molecule has 0 bridgehead atoms. The molecule has 0 amide bonds. The van der Waals surface area contributed by atoms with Crippen LogP contribution >= 0.6 is 0 Å². The van der Waals surface area contributed by atoms with Gasteiger partial charge in [0.1, 0.15) is 5.75 Å². The molecule has 1 N–H and O–H groups in total. The molecule has 1 saturated heterocycles. The molecule has 0 aliphatic carbocycles. The fourth-order valence-corrected chi connectivity index (χ4v) is 4.24. The minimum atomic E-state index is -0.625. The molecule has 6 nitrogen and oxygen atoms in total. The van der Waals surface area contributed by atoms with E-state index >= 15 is 0 Å². The van der Waals surface area contributed by atoms with Crippen molar-refractivity contribution < 1.29 is 14.6 Å². The fraction of sp³-hybridized carbons (Fsp3) is 0.308. The van der Waals surface area contributed by atoms with E-state index in [2.05, 4.69) is 14.8 Å². The maximum absolute atomic E-state index is 11.8. The second-order valence-corrected chi connectivity index (χ2v) is 8.09. The summed E-state index contributed by atoms with van der Waals surface area (Å²) >= 11 is 0. The molecule has 1 fully saturated rings. The highest BCUT2D eigenvalue weighted by atomic mass is 16.5. The predicted molar refractivity (Wildman–Crippen MR) is 126 cm³/mol. The van der Waals surface area contributed by atoms with E-state index < -0.39 is 6.10 Å². The van der Waals surface area contributed by atoms with Crippen LogP contribution in [-0.2, 0) is 4.79 Å². The van der Waals surface area contributed by atoms with Gasteiger partial charge >= 0.3 is 0 Å². The number of aromatic nitrogens is 1. The van der Waals surface area contributed by atoms with Crippen molar-refractivity contribution in [2.24, 2.45) is 0 Å². The van der Waals surface area contributed by atoms with Crippen molar-refractivity contribution in [3.63, 3.8) is 0 Å². The van der Waals surface area contributed by atoms with Crippen LogP contribution in [0.25, 0.3) is 16.6 Å². The lowest BCUT2D eigenvalue weighted by atomic mass is 10.0. The van der Waals surface area contributed by atoms with E-state index in [1.54, 1.807) is 26.3 Å². The Hall–Kier alpha value is -3.22. The number of ketones is 1. The summed E-state index contributed by atoms with van der Waals surface area (Å²) in [5.74, 6) is 0.792. The Labute approximate surface area is 188 Å². The lowest BCUT2D eigenvalue weighted by Gasteiger charge is -2.38. The molecule has 3 aromatic rings. The van der Waals surface area contributed by atoms with Crippen LogP contribution in [-0.4, -0.2) is 65.5 Å². The van der Waals surface area contributed by atoms with Crippen molar-refractivity contribution in [1.29, 1.82) is 0 Å². The maximum atomic E-state index is 11.8. The van der Waals surface area contributed by atoms with Crippen LogP contribution in [0.1, 0.15) is 24.2 Å². The van der Waals surface area contributed by atoms with E-state index in [9.17, 15) is 9.90 Å². The number of benzene rings is 2. The first-order valence-corrected chi connectivity index (χ1v) is 10.9. The van der Waals surface area contributed by atoms with Crippen molar-refractivity contribution in [2.45, 2.75) is 13.0 Å². The first-order chi connectivity index (χ1) is 15.5. The number of hydrogen-bond acceptors (Lipinski definition) is 6. The van der Waals surface area contributed by atoms with Gasteiger partial charge in [-0.15, -0.1) is 0 Å². The van der Waals surface area contributed by atoms with Crippen molar-refractivity contribution in [3.8, 4) is 5.75 Å². The number of carbonyl (C=O) groups is 1. The molecule has 2 aromatic carbocycles. The van der Waals surface area contributed by atoms with Gasteiger partial charge in [0.05, 0.1) is 18.7 Å². The third kappa shape index (κ3) is 4.98. The largest absolute Gasteiger partial charge is 0.497 e. The van der Waals surface area contributed by atoms with E-state index in [1.165, 1.54) is 0 Å². The summed E-state index contributed by atoms with van der Waals surface area (Å²) in [6.45, 7) is 5.35. The molecular weight excluding hydrogens is 402 g/mol. The highest BCUT2D eigenvalue weighted by Gasteiger charge is 2.23. The summed E-state index contributed by atoms with van der Waals surface area (Å²) in [6.07, 6.45) is 2.83. The quantitative estimate of drug-likeness (QED) is 0.578. The van der Waals surface area contributed by atoms with Crippen molar-refractivity contribution in [1.82, 2.24) is 14.8 Å². The smallest absolute Gasteiger partial charge is 0.154 e. The number of nitrogens with zero attached hydrogens (tertiary/aromatic N) is 3. The van der Waals surface area contributed by atoms with Gasteiger partial charge in [0.15, 0.2) is 5.78 Å². The van der Waals surface area contributed by atoms with Crippen LogP contribution in [0.15, 0.2) is 66.9 Å².